The fraction of sp³-hybridized carbons (Fsp3) is 0. The fourth-order valence-corrected chi connectivity index (χ4v) is 6.47. The predicted octanol–water partition coefficient (Wildman–Crippen LogP) is 12.3. The van der Waals surface area contributed by atoms with Crippen LogP contribution in [-0.2, 0) is 0 Å². The minimum Gasteiger partial charge on any atom is -0.456 e. The Hall–Kier alpha value is -6.26. The standard InChI is InChI=1S/C42H28N2O2/c1-3-11-31(12-4-1)43(32-13-5-2-6-14-32)34-24-25-38-42(28-34)46-41-18-10-8-16-37(41)44(38)33-22-19-29(20-23-33)30-21-26-40-36(27-30)35-15-7-9-17-39(35)45-40/h1-28H. The van der Waals surface area contributed by atoms with Gasteiger partial charge in [-0.3, -0.25) is 0 Å². The average molecular weight is 593 g/mol. The van der Waals surface area contributed by atoms with Crippen LogP contribution in [0.15, 0.2) is 174 Å². The van der Waals surface area contributed by atoms with Gasteiger partial charge in [0.15, 0.2) is 11.5 Å². The molecular weight excluding hydrogens is 564 g/mol. The summed E-state index contributed by atoms with van der Waals surface area (Å²) in [7, 11) is 0. The minimum absolute atomic E-state index is 0.800. The van der Waals surface area contributed by atoms with E-state index in [0.29, 0.717) is 0 Å². The molecule has 0 aliphatic carbocycles. The van der Waals surface area contributed by atoms with Crippen molar-refractivity contribution < 1.29 is 9.15 Å². The molecule has 0 fully saturated rings. The number of ether oxygens (including phenoxy) is 1. The van der Waals surface area contributed by atoms with Gasteiger partial charge in [-0.15, -0.1) is 0 Å². The van der Waals surface area contributed by atoms with E-state index in [1.54, 1.807) is 0 Å². The highest BCUT2D eigenvalue weighted by molar-refractivity contribution is 6.06. The summed E-state index contributed by atoms with van der Waals surface area (Å²) in [6.07, 6.45) is 0. The molecule has 2 heterocycles. The molecule has 46 heavy (non-hydrogen) atoms. The molecule has 0 amide bonds. The van der Waals surface area contributed by atoms with Gasteiger partial charge in [0.2, 0.25) is 0 Å². The topological polar surface area (TPSA) is 28.9 Å². The third-order valence-corrected chi connectivity index (χ3v) is 8.63. The zero-order valence-corrected chi connectivity index (χ0v) is 24.9. The van der Waals surface area contributed by atoms with Gasteiger partial charge in [0.05, 0.1) is 11.4 Å². The Morgan fingerprint density at radius 3 is 1.83 bits per heavy atom. The highest BCUT2D eigenvalue weighted by Gasteiger charge is 2.27. The van der Waals surface area contributed by atoms with Crippen LogP contribution in [0.5, 0.6) is 11.5 Å². The lowest BCUT2D eigenvalue weighted by Gasteiger charge is -2.34. The fourth-order valence-electron chi connectivity index (χ4n) is 6.47. The first-order valence-electron chi connectivity index (χ1n) is 15.4. The Morgan fingerprint density at radius 2 is 1.04 bits per heavy atom. The maximum absolute atomic E-state index is 6.58. The molecule has 1 aliphatic heterocycles. The molecule has 8 aromatic rings. The molecule has 0 radical (unpaired) electrons. The van der Waals surface area contributed by atoms with Crippen molar-refractivity contribution >= 4 is 56.1 Å². The molecule has 0 saturated heterocycles. The first-order chi connectivity index (χ1) is 22.8. The summed E-state index contributed by atoms with van der Waals surface area (Å²) in [6.45, 7) is 0. The molecule has 1 aliphatic rings. The van der Waals surface area contributed by atoms with Crippen LogP contribution in [0.25, 0.3) is 33.1 Å². The SMILES string of the molecule is c1ccc(N(c2ccccc2)c2ccc3c(c2)Oc2ccccc2N3c2ccc(-c3ccc4oc5ccccc5c4c3)cc2)cc1. The van der Waals surface area contributed by atoms with Gasteiger partial charge in [0.1, 0.15) is 11.2 Å². The molecule has 1 aromatic heterocycles. The zero-order chi connectivity index (χ0) is 30.5. The van der Waals surface area contributed by atoms with E-state index in [4.69, 9.17) is 9.15 Å². The molecule has 9 rings (SSSR count). The lowest BCUT2D eigenvalue weighted by molar-refractivity contribution is 0.477. The molecule has 0 N–H and O–H groups in total. The van der Waals surface area contributed by atoms with Gasteiger partial charge in [0, 0.05) is 39.6 Å². The summed E-state index contributed by atoms with van der Waals surface area (Å²) in [4.78, 5) is 4.53. The van der Waals surface area contributed by atoms with Crippen LogP contribution in [0.1, 0.15) is 0 Å². The number of benzene rings is 7. The van der Waals surface area contributed by atoms with Crippen LogP contribution < -0.4 is 14.5 Å². The Morgan fingerprint density at radius 1 is 0.413 bits per heavy atom. The van der Waals surface area contributed by atoms with Gasteiger partial charge in [-0.25, -0.2) is 0 Å². The van der Waals surface area contributed by atoms with Gasteiger partial charge >= 0.3 is 0 Å². The molecular formula is C42H28N2O2. The smallest absolute Gasteiger partial charge is 0.153 e. The molecule has 0 unspecified atom stereocenters. The second-order valence-corrected chi connectivity index (χ2v) is 11.4. The summed E-state index contributed by atoms with van der Waals surface area (Å²) in [5.41, 5.74) is 10.4. The number of furan rings is 1. The van der Waals surface area contributed by atoms with Crippen LogP contribution in [0.3, 0.4) is 0 Å². The van der Waals surface area contributed by atoms with E-state index in [-0.39, 0.29) is 0 Å². The van der Waals surface area contributed by atoms with Crippen LogP contribution in [0.2, 0.25) is 0 Å². The average Bonchev–Trinajstić information content (AvgIpc) is 3.50. The van der Waals surface area contributed by atoms with Crippen molar-refractivity contribution in [3.05, 3.63) is 170 Å². The number of anilines is 6. The molecule has 0 saturated carbocycles. The van der Waals surface area contributed by atoms with E-state index in [9.17, 15) is 0 Å². The van der Waals surface area contributed by atoms with E-state index in [1.807, 2.05) is 36.4 Å². The molecule has 0 atom stereocenters. The largest absolute Gasteiger partial charge is 0.456 e. The molecule has 7 aromatic carbocycles. The van der Waals surface area contributed by atoms with E-state index in [2.05, 4.69) is 143 Å². The molecule has 0 bridgehead atoms. The van der Waals surface area contributed by atoms with E-state index in [0.717, 1.165) is 78.7 Å². The first kappa shape index (κ1) is 26.2. The summed E-state index contributed by atoms with van der Waals surface area (Å²) in [6, 6.07) is 58.9. The Bertz CT molecular complexity index is 2310. The maximum atomic E-state index is 6.58. The number of nitrogens with zero attached hydrogens (tertiary/aromatic N) is 2. The molecule has 218 valence electrons. The van der Waals surface area contributed by atoms with E-state index in [1.165, 1.54) is 0 Å². The highest BCUT2D eigenvalue weighted by atomic mass is 16.5. The number of rotatable bonds is 5. The normalized spacial score (nSPS) is 12.0. The number of fused-ring (bicyclic) bond motifs is 5. The number of hydrogen-bond donors (Lipinski definition) is 0. The van der Waals surface area contributed by atoms with E-state index >= 15 is 0 Å². The first-order valence-corrected chi connectivity index (χ1v) is 15.4. The maximum Gasteiger partial charge on any atom is 0.153 e. The third kappa shape index (κ3) is 4.39. The second kappa shape index (κ2) is 10.7. The zero-order valence-electron chi connectivity index (χ0n) is 24.9. The summed E-state index contributed by atoms with van der Waals surface area (Å²) >= 11 is 0. The van der Waals surface area contributed by atoms with Gasteiger partial charge in [-0.2, -0.15) is 0 Å². The van der Waals surface area contributed by atoms with Crippen molar-refractivity contribution in [2.24, 2.45) is 0 Å². The second-order valence-electron chi connectivity index (χ2n) is 11.4. The summed E-state index contributed by atoms with van der Waals surface area (Å²) in [5, 5.41) is 2.26. The highest BCUT2D eigenvalue weighted by Crippen LogP contribution is 2.52. The van der Waals surface area contributed by atoms with E-state index < -0.39 is 0 Å². The van der Waals surface area contributed by atoms with Gasteiger partial charge < -0.3 is 19.0 Å². The summed E-state index contributed by atoms with van der Waals surface area (Å²) in [5.74, 6) is 1.62. The third-order valence-electron chi connectivity index (χ3n) is 8.63. The van der Waals surface area contributed by atoms with Gasteiger partial charge in [-0.05, 0) is 90.0 Å². The molecule has 4 nitrogen and oxygen atoms in total. The van der Waals surface area contributed by atoms with Crippen molar-refractivity contribution in [3.63, 3.8) is 0 Å². The Kier molecular flexibility index (Phi) is 6.10. The lowest BCUT2D eigenvalue weighted by Crippen LogP contribution is -2.16. The molecule has 0 spiro atoms. The van der Waals surface area contributed by atoms with Crippen molar-refractivity contribution in [1.82, 2.24) is 0 Å². The number of para-hydroxylation sites is 5. The van der Waals surface area contributed by atoms with Crippen molar-refractivity contribution in [1.29, 1.82) is 0 Å². The molecule has 4 heteroatoms. The van der Waals surface area contributed by atoms with Crippen LogP contribution in [0, 0.1) is 0 Å². The Balaban J connectivity index is 1.12. The monoisotopic (exact) mass is 592 g/mol. The van der Waals surface area contributed by atoms with Gasteiger partial charge in [-0.1, -0.05) is 84.9 Å². The van der Waals surface area contributed by atoms with Gasteiger partial charge in [0.25, 0.3) is 0 Å². The van der Waals surface area contributed by atoms with Crippen LogP contribution in [-0.4, -0.2) is 0 Å². The summed E-state index contributed by atoms with van der Waals surface area (Å²) < 4.78 is 12.6. The van der Waals surface area contributed by atoms with Crippen molar-refractivity contribution in [2.45, 2.75) is 0 Å². The predicted molar refractivity (Wildman–Crippen MR) is 189 cm³/mol. The van der Waals surface area contributed by atoms with Crippen LogP contribution >= 0.6 is 0 Å². The van der Waals surface area contributed by atoms with Crippen LogP contribution in [0.4, 0.5) is 34.1 Å². The Labute approximate surface area is 267 Å². The van der Waals surface area contributed by atoms with Crippen molar-refractivity contribution in [3.8, 4) is 22.6 Å². The van der Waals surface area contributed by atoms with Crippen molar-refractivity contribution in [2.75, 3.05) is 9.80 Å². The number of hydrogen-bond acceptors (Lipinski definition) is 4. The lowest BCUT2D eigenvalue weighted by atomic mass is 10.0. The quantitative estimate of drug-likeness (QED) is 0.199. The minimum atomic E-state index is 0.800.